The van der Waals surface area contributed by atoms with Crippen LogP contribution in [0.4, 0.5) is 10.2 Å². The predicted molar refractivity (Wildman–Crippen MR) is 158 cm³/mol. The number of hydrogen-bond acceptors (Lipinski definition) is 9. The number of nitrogens with one attached hydrogen (secondary N) is 1. The molecule has 5 heterocycles. The largest absolute Gasteiger partial charge is 0.379 e. The van der Waals surface area contributed by atoms with E-state index in [1.807, 2.05) is 36.4 Å². The molecule has 0 spiro atoms. The number of pyridine rings is 1. The molecule has 0 atom stereocenters. The van der Waals surface area contributed by atoms with Crippen molar-refractivity contribution in [3.05, 3.63) is 97.1 Å². The molecule has 0 saturated carbocycles. The lowest BCUT2D eigenvalue weighted by atomic mass is 10.0. The van der Waals surface area contributed by atoms with Crippen LogP contribution in [-0.4, -0.2) is 55.8 Å². The Morgan fingerprint density at radius 2 is 1.88 bits per heavy atom. The molecular weight excluding hydrogens is 587 g/mol. The van der Waals surface area contributed by atoms with Gasteiger partial charge in [0.2, 0.25) is 0 Å². The molecule has 5 aromatic rings. The number of hydrogen-bond donors (Lipinski definition) is 1. The van der Waals surface area contributed by atoms with Crippen molar-refractivity contribution in [2.75, 3.05) is 31.6 Å². The van der Waals surface area contributed by atoms with E-state index >= 15 is 4.39 Å². The number of rotatable bonds is 8. The molecule has 1 aromatic carbocycles. The van der Waals surface area contributed by atoms with Crippen LogP contribution in [0, 0.1) is 5.82 Å². The third-order valence-electron chi connectivity index (χ3n) is 6.67. The van der Waals surface area contributed by atoms with E-state index in [1.165, 1.54) is 28.2 Å². The van der Waals surface area contributed by atoms with Crippen LogP contribution >= 0.6 is 34.5 Å². The topological polar surface area (TPSA) is 94.3 Å². The molecule has 210 valence electrons. The van der Waals surface area contributed by atoms with Crippen molar-refractivity contribution in [2.45, 2.75) is 13.2 Å². The molecule has 0 aliphatic carbocycles. The quantitative estimate of drug-likeness (QED) is 0.255. The van der Waals surface area contributed by atoms with E-state index in [2.05, 4.69) is 19.7 Å². The molecule has 0 bridgehead atoms. The van der Waals surface area contributed by atoms with Crippen LogP contribution in [0.1, 0.15) is 14.5 Å². The third kappa shape index (κ3) is 5.74. The normalized spacial score (nSPS) is 13.9. The Bertz CT molecular complexity index is 1730. The summed E-state index contributed by atoms with van der Waals surface area (Å²) < 4.78 is 29.2. The van der Waals surface area contributed by atoms with E-state index in [0.29, 0.717) is 41.1 Å². The van der Waals surface area contributed by atoms with Crippen molar-refractivity contribution in [3.63, 3.8) is 0 Å². The number of aromatic nitrogens is 4. The molecule has 0 radical (unpaired) electrons. The van der Waals surface area contributed by atoms with Crippen LogP contribution in [0.2, 0.25) is 4.34 Å². The fourth-order valence-electron chi connectivity index (χ4n) is 4.67. The predicted octanol–water partition coefficient (Wildman–Crippen LogP) is 5.28. The van der Waals surface area contributed by atoms with Crippen molar-refractivity contribution >= 4 is 46.2 Å². The van der Waals surface area contributed by atoms with Crippen LogP contribution < -0.4 is 10.9 Å². The van der Waals surface area contributed by atoms with Gasteiger partial charge in [-0.25, -0.2) is 8.76 Å². The molecule has 41 heavy (non-hydrogen) atoms. The Hall–Kier alpha value is -3.68. The van der Waals surface area contributed by atoms with Crippen molar-refractivity contribution in [1.82, 2.24) is 23.6 Å². The maximum Gasteiger partial charge on any atom is 0.291 e. The second-order valence-electron chi connectivity index (χ2n) is 9.26. The highest BCUT2D eigenvalue weighted by Gasteiger charge is 2.29. The van der Waals surface area contributed by atoms with Crippen LogP contribution in [0.3, 0.4) is 0 Å². The minimum absolute atomic E-state index is 0.112. The molecule has 6 rings (SSSR count). The molecule has 9 nitrogen and oxygen atoms in total. The van der Waals surface area contributed by atoms with Gasteiger partial charge in [0.25, 0.3) is 11.5 Å². The van der Waals surface area contributed by atoms with Crippen molar-refractivity contribution < 1.29 is 13.9 Å². The van der Waals surface area contributed by atoms with Gasteiger partial charge in [0.1, 0.15) is 10.6 Å². The molecular formula is C28H24ClFN6O3S2. The van der Waals surface area contributed by atoms with Crippen molar-refractivity contribution in [1.29, 1.82) is 0 Å². The maximum atomic E-state index is 16.6. The minimum atomic E-state index is -0.746. The van der Waals surface area contributed by atoms with Crippen LogP contribution in [0.15, 0.2) is 71.7 Å². The summed E-state index contributed by atoms with van der Waals surface area (Å²) in [4.78, 5) is 30.1. The summed E-state index contributed by atoms with van der Waals surface area (Å²) in [6.45, 7) is 2.75. The van der Waals surface area contributed by atoms with E-state index in [1.54, 1.807) is 18.2 Å². The fourth-order valence-corrected chi connectivity index (χ4v) is 6.21. The van der Waals surface area contributed by atoms with Crippen molar-refractivity contribution in [3.8, 4) is 22.5 Å². The van der Waals surface area contributed by atoms with Gasteiger partial charge < -0.3 is 10.1 Å². The number of carbonyl (C=O) groups is 1. The second kappa shape index (κ2) is 12.0. The first-order valence-electron chi connectivity index (χ1n) is 12.8. The number of morpholine rings is 1. The summed E-state index contributed by atoms with van der Waals surface area (Å²) >= 11 is 8.43. The Kier molecular flexibility index (Phi) is 8.08. The number of nitrogens with zero attached hydrogens (tertiary/aromatic N) is 5. The summed E-state index contributed by atoms with van der Waals surface area (Å²) in [5.41, 5.74) is 1.26. The number of carbonyl (C=O) groups excluding carboxylic acids is 1. The van der Waals surface area contributed by atoms with Gasteiger partial charge in [-0.3, -0.25) is 19.1 Å². The first-order valence-corrected chi connectivity index (χ1v) is 14.8. The average Bonchev–Trinajstić information content (AvgIpc) is 3.75. The molecule has 1 aliphatic rings. The SMILES string of the molecule is O=C(c1ccns1)n1nc(-c2c(-c3ccccc3)ccc(=O)n2CN2CCOCC2)c(F)c1NCc1ccc(Cl)s1. The molecule has 0 unspecified atom stereocenters. The van der Waals surface area contributed by atoms with Gasteiger partial charge in [-0.05, 0) is 41.4 Å². The second-order valence-corrected chi connectivity index (χ2v) is 11.9. The zero-order valence-electron chi connectivity index (χ0n) is 21.6. The van der Waals surface area contributed by atoms with E-state index in [9.17, 15) is 9.59 Å². The first-order chi connectivity index (χ1) is 20.0. The van der Waals surface area contributed by atoms with E-state index in [0.717, 1.165) is 26.7 Å². The van der Waals surface area contributed by atoms with Crippen LogP contribution in [0.25, 0.3) is 22.5 Å². The number of halogens is 2. The van der Waals surface area contributed by atoms with Gasteiger partial charge in [0, 0.05) is 35.8 Å². The molecule has 0 amide bonds. The van der Waals surface area contributed by atoms with Gasteiger partial charge in [0.15, 0.2) is 11.6 Å². The van der Waals surface area contributed by atoms with E-state index in [-0.39, 0.29) is 36.0 Å². The van der Waals surface area contributed by atoms with Crippen LogP contribution in [-0.2, 0) is 18.0 Å². The lowest BCUT2D eigenvalue weighted by Crippen LogP contribution is -2.40. The summed E-state index contributed by atoms with van der Waals surface area (Å²) in [7, 11) is 0. The number of benzene rings is 1. The van der Waals surface area contributed by atoms with Crippen molar-refractivity contribution in [2.24, 2.45) is 0 Å². The van der Waals surface area contributed by atoms with Gasteiger partial charge in [-0.15, -0.1) is 11.3 Å². The highest BCUT2D eigenvalue weighted by Crippen LogP contribution is 2.35. The summed E-state index contributed by atoms with van der Waals surface area (Å²) in [6, 6.07) is 17.7. The standard InChI is InChI=1S/C28H24ClFN6O3S2/c29-22-8-6-19(40-22)16-31-27-24(30)25(33-36(27)28(38)21-10-11-32-41-21)26-20(18-4-2-1-3-5-18)7-9-23(37)35(26)17-34-12-14-39-15-13-34/h1-11,31H,12-17H2. The maximum absolute atomic E-state index is 16.6. The molecule has 13 heteroatoms. The summed E-state index contributed by atoms with van der Waals surface area (Å²) in [6.07, 6.45) is 1.50. The number of ether oxygens (including phenoxy) is 1. The van der Waals surface area contributed by atoms with Gasteiger partial charge >= 0.3 is 0 Å². The zero-order valence-corrected chi connectivity index (χ0v) is 24.0. The Morgan fingerprint density at radius 1 is 1.07 bits per heavy atom. The van der Waals surface area contributed by atoms with E-state index < -0.39 is 11.7 Å². The summed E-state index contributed by atoms with van der Waals surface area (Å²) in [5.74, 6) is -1.40. The highest BCUT2D eigenvalue weighted by atomic mass is 35.5. The van der Waals surface area contributed by atoms with E-state index in [4.69, 9.17) is 16.3 Å². The smallest absolute Gasteiger partial charge is 0.291 e. The number of anilines is 1. The van der Waals surface area contributed by atoms with Gasteiger partial charge in [-0.1, -0.05) is 41.9 Å². The first kappa shape index (κ1) is 27.5. The third-order valence-corrected chi connectivity index (χ3v) is 8.63. The minimum Gasteiger partial charge on any atom is -0.379 e. The summed E-state index contributed by atoms with van der Waals surface area (Å²) in [5, 5.41) is 7.56. The Balaban J connectivity index is 1.53. The number of thiophene rings is 1. The Morgan fingerprint density at radius 3 is 2.59 bits per heavy atom. The lowest BCUT2D eigenvalue weighted by Gasteiger charge is -2.28. The molecule has 1 saturated heterocycles. The Labute approximate surface area is 247 Å². The lowest BCUT2D eigenvalue weighted by molar-refractivity contribution is 0.0231. The molecule has 4 aromatic heterocycles. The zero-order chi connectivity index (χ0) is 28.3. The fraction of sp³-hybridized carbons (Fsp3) is 0.214. The average molecular weight is 611 g/mol. The van der Waals surface area contributed by atoms with Crippen LogP contribution in [0.5, 0.6) is 0 Å². The van der Waals surface area contributed by atoms with Gasteiger partial charge in [-0.2, -0.15) is 9.78 Å². The molecule has 1 aliphatic heterocycles. The van der Waals surface area contributed by atoms with Gasteiger partial charge in [0.05, 0.1) is 36.5 Å². The highest BCUT2D eigenvalue weighted by molar-refractivity contribution is 7.16. The monoisotopic (exact) mass is 610 g/mol. The molecule has 1 N–H and O–H groups in total. The molecule has 1 fully saturated rings.